The van der Waals surface area contributed by atoms with Crippen LogP contribution in [0.1, 0.15) is 63.5 Å². The van der Waals surface area contributed by atoms with E-state index in [0.29, 0.717) is 17.0 Å². The average molecular weight is 410 g/mol. The number of likely N-dealkylation sites (tertiary alicyclic amines) is 1. The van der Waals surface area contributed by atoms with Crippen LogP contribution in [-0.4, -0.2) is 54.9 Å². The molecule has 3 fully saturated rings. The van der Waals surface area contributed by atoms with Crippen molar-refractivity contribution in [2.45, 2.75) is 82.1 Å². The number of piperidine rings is 1. The van der Waals surface area contributed by atoms with Crippen LogP contribution in [-0.2, 0) is 27.7 Å². The minimum absolute atomic E-state index is 0.267. The number of ether oxygens (including phenoxy) is 1. The lowest BCUT2D eigenvalue weighted by Crippen LogP contribution is -2.39. The number of aromatic nitrogens is 2. The molecular formula is C21H35N3O3S. The molecular weight excluding hydrogens is 374 g/mol. The normalized spacial score (nSPS) is 25.2. The van der Waals surface area contributed by atoms with Gasteiger partial charge in [0.05, 0.1) is 23.7 Å². The van der Waals surface area contributed by atoms with Gasteiger partial charge in [-0.3, -0.25) is 4.90 Å². The third-order valence-electron chi connectivity index (χ3n) is 6.68. The largest absolute Gasteiger partial charge is 0.380 e. The first-order chi connectivity index (χ1) is 13.5. The van der Waals surface area contributed by atoms with E-state index in [-0.39, 0.29) is 11.9 Å². The van der Waals surface area contributed by atoms with Gasteiger partial charge in [-0.25, -0.2) is 13.4 Å². The second-order valence-electron chi connectivity index (χ2n) is 9.11. The maximum Gasteiger partial charge on any atom is 0.227 e. The molecule has 4 rings (SSSR count). The van der Waals surface area contributed by atoms with Gasteiger partial charge in [0.25, 0.3) is 0 Å². The van der Waals surface area contributed by atoms with Crippen LogP contribution in [0, 0.1) is 11.8 Å². The molecule has 2 heterocycles. The molecule has 0 radical (unpaired) electrons. The highest BCUT2D eigenvalue weighted by Crippen LogP contribution is 2.33. The van der Waals surface area contributed by atoms with Crippen molar-refractivity contribution < 1.29 is 13.2 Å². The van der Waals surface area contributed by atoms with E-state index in [4.69, 9.17) is 4.74 Å². The van der Waals surface area contributed by atoms with E-state index in [1.54, 1.807) is 7.11 Å². The van der Waals surface area contributed by atoms with Gasteiger partial charge in [0.1, 0.15) is 0 Å². The summed E-state index contributed by atoms with van der Waals surface area (Å²) in [6.45, 7) is 3.52. The molecule has 0 spiro atoms. The second kappa shape index (κ2) is 8.84. The van der Waals surface area contributed by atoms with Crippen molar-refractivity contribution in [2.24, 2.45) is 11.8 Å². The molecule has 2 aliphatic carbocycles. The fourth-order valence-electron chi connectivity index (χ4n) is 4.84. The summed E-state index contributed by atoms with van der Waals surface area (Å²) in [5.41, 5.74) is 1.05. The number of nitrogens with zero attached hydrogens (tertiary/aromatic N) is 3. The Labute approximate surface area is 169 Å². The Morgan fingerprint density at radius 1 is 1.07 bits per heavy atom. The van der Waals surface area contributed by atoms with Crippen LogP contribution in [0.2, 0.25) is 0 Å². The van der Waals surface area contributed by atoms with E-state index in [1.165, 1.54) is 32.1 Å². The summed E-state index contributed by atoms with van der Waals surface area (Å²) in [4.78, 5) is 6.85. The van der Waals surface area contributed by atoms with Crippen molar-refractivity contribution in [3.05, 3.63) is 11.9 Å². The van der Waals surface area contributed by atoms with Crippen molar-refractivity contribution in [3.8, 4) is 0 Å². The van der Waals surface area contributed by atoms with Crippen LogP contribution in [0.3, 0.4) is 0 Å². The van der Waals surface area contributed by atoms with Crippen molar-refractivity contribution in [1.82, 2.24) is 14.5 Å². The third-order valence-corrected chi connectivity index (χ3v) is 8.47. The fraction of sp³-hybridized carbons (Fsp3) is 0.857. The van der Waals surface area contributed by atoms with Crippen LogP contribution < -0.4 is 0 Å². The fourth-order valence-corrected chi connectivity index (χ4v) is 6.68. The lowest BCUT2D eigenvalue weighted by Gasteiger charge is -2.32. The number of rotatable bonds is 8. The van der Waals surface area contributed by atoms with E-state index in [2.05, 4.69) is 14.5 Å². The number of hydrogen-bond acceptors (Lipinski definition) is 5. The van der Waals surface area contributed by atoms with Gasteiger partial charge in [-0.05, 0) is 56.9 Å². The molecule has 6 nitrogen and oxygen atoms in total. The van der Waals surface area contributed by atoms with Gasteiger partial charge in [0.2, 0.25) is 15.0 Å². The van der Waals surface area contributed by atoms with E-state index in [9.17, 15) is 8.42 Å². The molecule has 1 saturated heterocycles. The molecule has 0 amide bonds. The monoisotopic (exact) mass is 409 g/mol. The molecule has 1 aromatic heterocycles. The van der Waals surface area contributed by atoms with Gasteiger partial charge in [-0.2, -0.15) is 0 Å². The van der Waals surface area contributed by atoms with E-state index < -0.39 is 9.84 Å². The average Bonchev–Trinajstić information content (AvgIpc) is 3.41. The highest BCUT2D eigenvalue weighted by atomic mass is 32.2. The lowest BCUT2D eigenvalue weighted by molar-refractivity contribution is 0.0276. The number of sulfone groups is 1. The van der Waals surface area contributed by atoms with E-state index in [0.717, 1.165) is 57.6 Å². The van der Waals surface area contributed by atoms with E-state index in [1.807, 2.05) is 6.20 Å². The summed E-state index contributed by atoms with van der Waals surface area (Å²) >= 11 is 0. The Morgan fingerprint density at radius 2 is 1.86 bits per heavy atom. The van der Waals surface area contributed by atoms with Crippen molar-refractivity contribution in [2.75, 3.05) is 26.0 Å². The summed E-state index contributed by atoms with van der Waals surface area (Å²) < 4.78 is 33.7. The predicted molar refractivity (Wildman–Crippen MR) is 109 cm³/mol. The summed E-state index contributed by atoms with van der Waals surface area (Å²) in [6.07, 6.45) is 12.7. The Bertz CT molecular complexity index is 751. The summed E-state index contributed by atoms with van der Waals surface area (Å²) in [7, 11) is -1.52. The molecule has 3 aliphatic rings. The minimum Gasteiger partial charge on any atom is -0.380 e. The van der Waals surface area contributed by atoms with Crippen LogP contribution in [0.4, 0.5) is 0 Å². The molecule has 7 heteroatoms. The standard InChI is InChI=1S/C21H35N3O3S/c1-27-20-8-5-11-23(15-20)14-19-12-22-21(28(25,26)16-18-9-10-18)24(19)13-17-6-3-2-4-7-17/h12,17-18,20H,2-11,13-16H2,1H3. The summed E-state index contributed by atoms with van der Waals surface area (Å²) in [5.74, 6) is 1.19. The topological polar surface area (TPSA) is 64.4 Å². The third kappa shape index (κ3) is 4.97. The highest BCUT2D eigenvalue weighted by Gasteiger charge is 2.33. The molecule has 1 atom stereocenters. The first-order valence-electron chi connectivity index (χ1n) is 11.1. The predicted octanol–water partition coefficient (Wildman–Crippen LogP) is 3.26. The summed E-state index contributed by atoms with van der Waals surface area (Å²) in [6, 6.07) is 0. The van der Waals surface area contributed by atoms with Gasteiger partial charge in [-0.1, -0.05) is 19.3 Å². The number of imidazole rings is 1. The zero-order valence-electron chi connectivity index (χ0n) is 17.2. The van der Waals surface area contributed by atoms with Gasteiger partial charge in [-0.15, -0.1) is 0 Å². The van der Waals surface area contributed by atoms with Crippen LogP contribution >= 0.6 is 0 Å². The van der Waals surface area contributed by atoms with Gasteiger partial charge < -0.3 is 9.30 Å². The molecule has 1 aromatic rings. The lowest BCUT2D eigenvalue weighted by atomic mass is 9.89. The SMILES string of the molecule is COC1CCCN(Cc2cnc(S(=O)(=O)CC3CC3)n2CC2CCCCC2)C1. The maximum atomic E-state index is 13.0. The zero-order valence-corrected chi connectivity index (χ0v) is 18.0. The Hall–Kier alpha value is -0.920. The van der Waals surface area contributed by atoms with Crippen LogP contribution in [0.5, 0.6) is 0 Å². The first kappa shape index (κ1) is 20.4. The highest BCUT2D eigenvalue weighted by molar-refractivity contribution is 7.91. The number of methoxy groups -OCH3 is 1. The maximum absolute atomic E-state index is 13.0. The molecule has 1 aliphatic heterocycles. The number of hydrogen-bond donors (Lipinski definition) is 0. The van der Waals surface area contributed by atoms with Gasteiger partial charge >= 0.3 is 0 Å². The molecule has 2 saturated carbocycles. The molecule has 28 heavy (non-hydrogen) atoms. The Balaban J connectivity index is 1.55. The summed E-state index contributed by atoms with van der Waals surface area (Å²) in [5, 5.41) is 0.320. The van der Waals surface area contributed by atoms with Crippen LogP contribution in [0.15, 0.2) is 11.4 Å². The van der Waals surface area contributed by atoms with Crippen molar-refractivity contribution >= 4 is 9.84 Å². The Morgan fingerprint density at radius 3 is 2.57 bits per heavy atom. The minimum atomic E-state index is -3.31. The molecule has 0 aromatic carbocycles. The van der Waals surface area contributed by atoms with Gasteiger partial charge in [0, 0.05) is 26.7 Å². The van der Waals surface area contributed by atoms with Crippen LogP contribution in [0.25, 0.3) is 0 Å². The first-order valence-corrected chi connectivity index (χ1v) is 12.7. The van der Waals surface area contributed by atoms with Crippen molar-refractivity contribution in [3.63, 3.8) is 0 Å². The Kier molecular flexibility index (Phi) is 6.43. The van der Waals surface area contributed by atoms with Crippen molar-refractivity contribution in [1.29, 1.82) is 0 Å². The molecule has 0 bridgehead atoms. The molecule has 1 unspecified atom stereocenters. The molecule has 158 valence electrons. The second-order valence-corrected chi connectivity index (χ2v) is 11.0. The van der Waals surface area contributed by atoms with Gasteiger partial charge in [0.15, 0.2) is 0 Å². The quantitative estimate of drug-likeness (QED) is 0.659. The zero-order chi connectivity index (χ0) is 19.6. The van der Waals surface area contributed by atoms with E-state index >= 15 is 0 Å². The smallest absolute Gasteiger partial charge is 0.227 e. The molecule has 0 N–H and O–H groups in total.